The maximum absolute atomic E-state index is 12.7. The molecule has 31 heavy (non-hydrogen) atoms. The highest BCUT2D eigenvalue weighted by atomic mass is 32.2. The van der Waals surface area contributed by atoms with Crippen molar-refractivity contribution in [2.45, 2.75) is 28.8 Å². The van der Waals surface area contributed by atoms with Crippen LogP contribution < -0.4 is 5.32 Å². The summed E-state index contributed by atoms with van der Waals surface area (Å²) in [6, 6.07) is 7.51. The number of carboxylic acids is 1. The number of thioether (sulfide) groups is 2. The molecule has 0 radical (unpaired) electrons. The predicted octanol–water partition coefficient (Wildman–Crippen LogP) is 1.41. The SMILES string of the molecule is Cc1nnc(SCC2=C(C(=O)O)N3C(=O)C(NC(=O)[C@H](O)c4ccccc4)[C@H]3SC2)s1. The fourth-order valence-electron chi connectivity index (χ4n) is 3.30. The van der Waals surface area contributed by atoms with Gasteiger partial charge < -0.3 is 15.5 Å². The summed E-state index contributed by atoms with van der Waals surface area (Å²) in [5, 5.41) is 30.8. The van der Waals surface area contributed by atoms with E-state index in [9.17, 15) is 24.6 Å². The summed E-state index contributed by atoms with van der Waals surface area (Å²) < 4.78 is 0.733. The summed E-state index contributed by atoms with van der Waals surface area (Å²) in [4.78, 5) is 38.3. The standard InChI is InChI=1S/C19H18N4O5S3/c1-9-21-22-19(31-9)30-8-11-7-29-17-12(16(26)23(17)13(11)18(27)28)20-15(25)14(24)10-5-3-2-4-6-10/h2-6,12,14,17,24H,7-8H2,1H3,(H,20,25)(H,27,28)/t12?,14-,17-/m1/s1. The van der Waals surface area contributed by atoms with Crippen LogP contribution in [0.2, 0.25) is 0 Å². The number of fused-ring (bicyclic) bond motifs is 1. The van der Waals surface area contributed by atoms with Gasteiger partial charge in [0.25, 0.3) is 11.8 Å². The zero-order valence-electron chi connectivity index (χ0n) is 16.2. The van der Waals surface area contributed by atoms with Crippen LogP contribution in [0.15, 0.2) is 45.9 Å². The van der Waals surface area contributed by atoms with Crippen LogP contribution in [-0.4, -0.2) is 66.0 Å². The highest BCUT2D eigenvalue weighted by molar-refractivity contribution is 8.01. The van der Waals surface area contributed by atoms with Crippen LogP contribution in [0.3, 0.4) is 0 Å². The van der Waals surface area contributed by atoms with Crippen molar-refractivity contribution in [2.24, 2.45) is 0 Å². The van der Waals surface area contributed by atoms with E-state index in [1.807, 2.05) is 6.92 Å². The number of amides is 2. The lowest BCUT2D eigenvalue weighted by Gasteiger charge is -2.49. The number of nitrogens with one attached hydrogen (secondary N) is 1. The first kappa shape index (κ1) is 21.8. The van der Waals surface area contributed by atoms with Crippen LogP contribution in [0.1, 0.15) is 16.7 Å². The number of aliphatic carboxylic acids is 1. The van der Waals surface area contributed by atoms with Gasteiger partial charge in [0, 0.05) is 11.5 Å². The molecule has 2 aliphatic rings. The number of aromatic nitrogens is 2. The number of carboxylic acid groups (broad SMARTS) is 1. The highest BCUT2D eigenvalue weighted by Gasteiger charge is 2.54. The molecule has 0 spiro atoms. The number of benzene rings is 1. The Labute approximate surface area is 189 Å². The zero-order valence-corrected chi connectivity index (χ0v) is 18.7. The van der Waals surface area contributed by atoms with Crippen molar-refractivity contribution in [2.75, 3.05) is 11.5 Å². The number of hydrogen-bond acceptors (Lipinski definition) is 9. The molecule has 3 atom stereocenters. The minimum absolute atomic E-state index is 0.0448. The predicted molar refractivity (Wildman–Crippen MR) is 116 cm³/mol. The van der Waals surface area contributed by atoms with Gasteiger partial charge in [0.15, 0.2) is 10.4 Å². The summed E-state index contributed by atoms with van der Waals surface area (Å²) in [5.41, 5.74) is 0.989. The topological polar surface area (TPSA) is 133 Å². The molecule has 2 amide bonds. The molecule has 162 valence electrons. The van der Waals surface area contributed by atoms with Gasteiger partial charge in [-0.3, -0.25) is 14.5 Å². The summed E-state index contributed by atoms with van der Waals surface area (Å²) in [6.07, 6.45) is -1.41. The van der Waals surface area contributed by atoms with Gasteiger partial charge in [-0.2, -0.15) is 0 Å². The third-order valence-corrected chi connectivity index (χ3v) is 8.19. The average molecular weight is 479 g/mol. The Kier molecular flexibility index (Phi) is 6.32. The number of aliphatic hydroxyl groups is 1. The number of nitrogens with zero attached hydrogens (tertiary/aromatic N) is 3. The first-order chi connectivity index (χ1) is 14.9. The van der Waals surface area contributed by atoms with E-state index in [-0.39, 0.29) is 5.70 Å². The molecule has 3 N–H and O–H groups in total. The Morgan fingerprint density at radius 1 is 1.32 bits per heavy atom. The van der Waals surface area contributed by atoms with Crippen molar-refractivity contribution in [1.82, 2.24) is 20.4 Å². The van der Waals surface area contributed by atoms with Crippen molar-refractivity contribution >= 4 is 52.6 Å². The van der Waals surface area contributed by atoms with Crippen molar-refractivity contribution < 1.29 is 24.6 Å². The number of β-lactam (4-membered cyclic amide) rings is 1. The second-order valence-corrected chi connectivity index (χ2v) is 10.4. The molecule has 4 rings (SSSR count). The van der Waals surface area contributed by atoms with Crippen LogP contribution in [-0.2, 0) is 14.4 Å². The molecule has 12 heteroatoms. The summed E-state index contributed by atoms with van der Waals surface area (Å²) in [5.74, 6) is -1.59. The normalized spacial score (nSPS) is 21.4. The van der Waals surface area contributed by atoms with E-state index >= 15 is 0 Å². The van der Waals surface area contributed by atoms with E-state index in [0.717, 1.165) is 9.35 Å². The quantitative estimate of drug-likeness (QED) is 0.399. The number of aliphatic hydroxyl groups excluding tert-OH is 1. The Morgan fingerprint density at radius 3 is 2.71 bits per heavy atom. The molecule has 9 nitrogen and oxygen atoms in total. The first-order valence-electron chi connectivity index (χ1n) is 9.23. The number of carbonyl (C=O) groups excluding carboxylic acids is 2. The van der Waals surface area contributed by atoms with Gasteiger partial charge in [0.1, 0.15) is 22.1 Å². The molecule has 2 aromatic rings. The van der Waals surface area contributed by atoms with Crippen molar-refractivity contribution in [3.8, 4) is 0 Å². The lowest BCUT2D eigenvalue weighted by Crippen LogP contribution is -2.70. The molecule has 0 bridgehead atoms. The Bertz CT molecular complexity index is 1060. The second-order valence-electron chi connectivity index (χ2n) is 6.84. The summed E-state index contributed by atoms with van der Waals surface area (Å²) >= 11 is 4.19. The van der Waals surface area contributed by atoms with E-state index in [2.05, 4.69) is 15.5 Å². The molecule has 1 saturated heterocycles. The van der Waals surface area contributed by atoms with Gasteiger partial charge in [-0.15, -0.1) is 22.0 Å². The molecule has 1 unspecified atom stereocenters. The summed E-state index contributed by atoms with van der Waals surface area (Å²) in [7, 11) is 0. The van der Waals surface area contributed by atoms with E-state index in [4.69, 9.17) is 0 Å². The molecule has 1 aromatic heterocycles. The maximum Gasteiger partial charge on any atom is 0.352 e. The Balaban J connectivity index is 1.45. The molecule has 0 saturated carbocycles. The molecule has 0 aliphatic carbocycles. The molecule has 1 aromatic carbocycles. The lowest BCUT2D eigenvalue weighted by atomic mass is 10.0. The minimum atomic E-state index is -1.41. The van der Waals surface area contributed by atoms with E-state index < -0.39 is 35.3 Å². The molecule has 2 aliphatic heterocycles. The third kappa shape index (κ3) is 4.33. The van der Waals surface area contributed by atoms with Gasteiger partial charge >= 0.3 is 5.97 Å². The minimum Gasteiger partial charge on any atom is -0.477 e. The second kappa shape index (κ2) is 8.99. The van der Waals surface area contributed by atoms with Crippen molar-refractivity contribution in [3.63, 3.8) is 0 Å². The van der Waals surface area contributed by atoms with Gasteiger partial charge in [-0.25, -0.2) is 4.79 Å². The third-order valence-electron chi connectivity index (χ3n) is 4.79. The van der Waals surface area contributed by atoms with Gasteiger partial charge in [-0.05, 0) is 18.1 Å². The Hall–Kier alpha value is -2.41. The van der Waals surface area contributed by atoms with E-state index in [0.29, 0.717) is 22.6 Å². The molecular weight excluding hydrogens is 460 g/mol. The van der Waals surface area contributed by atoms with Crippen LogP contribution in [0.25, 0.3) is 0 Å². The first-order valence-corrected chi connectivity index (χ1v) is 12.1. The number of hydrogen-bond donors (Lipinski definition) is 3. The monoisotopic (exact) mass is 478 g/mol. The van der Waals surface area contributed by atoms with Crippen LogP contribution >= 0.6 is 34.9 Å². The molecule has 1 fully saturated rings. The fourth-order valence-corrected chi connectivity index (χ4v) is 6.60. The zero-order chi connectivity index (χ0) is 22.1. The number of aryl methyl sites for hydroxylation is 1. The lowest BCUT2D eigenvalue weighted by molar-refractivity contribution is -0.151. The molecule has 3 heterocycles. The smallest absolute Gasteiger partial charge is 0.352 e. The van der Waals surface area contributed by atoms with Gasteiger partial charge in [-0.1, -0.05) is 53.4 Å². The number of rotatable bonds is 7. The van der Waals surface area contributed by atoms with Crippen LogP contribution in [0, 0.1) is 6.92 Å². The summed E-state index contributed by atoms with van der Waals surface area (Å²) in [6.45, 7) is 1.84. The van der Waals surface area contributed by atoms with Gasteiger partial charge in [0.2, 0.25) is 0 Å². The largest absolute Gasteiger partial charge is 0.477 e. The maximum atomic E-state index is 12.7. The van der Waals surface area contributed by atoms with Crippen molar-refractivity contribution in [1.29, 1.82) is 0 Å². The van der Waals surface area contributed by atoms with Crippen molar-refractivity contribution in [3.05, 3.63) is 52.2 Å². The highest BCUT2D eigenvalue weighted by Crippen LogP contribution is 2.42. The van der Waals surface area contributed by atoms with E-state index in [1.54, 1.807) is 30.3 Å². The Morgan fingerprint density at radius 2 is 2.06 bits per heavy atom. The van der Waals surface area contributed by atoms with Crippen LogP contribution in [0.4, 0.5) is 0 Å². The molecular formula is C19H18N4O5S3. The fraction of sp³-hybridized carbons (Fsp3) is 0.316. The van der Waals surface area contributed by atoms with E-state index in [1.165, 1.54) is 39.8 Å². The van der Waals surface area contributed by atoms with Crippen LogP contribution in [0.5, 0.6) is 0 Å². The van der Waals surface area contributed by atoms with Gasteiger partial charge in [0.05, 0.1) is 0 Å². The average Bonchev–Trinajstić information content (AvgIpc) is 3.20. The number of carbonyl (C=O) groups is 3.